The van der Waals surface area contributed by atoms with E-state index < -0.39 is 0 Å². The van der Waals surface area contributed by atoms with Gasteiger partial charge in [-0.25, -0.2) is 4.79 Å². The van der Waals surface area contributed by atoms with Crippen molar-refractivity contribution in [3.63, 3.8) is 0 Å². The van der Waals surface area contributed by atoms with Crippen LogP contribution in [0.15, 0.2) is 48.8 Å². The van der Waals surface area contributed by atoms with Crippen molar-refractivity contribution in [3.05, 3.63) is 71.1 Å². The highest BCUT2D eigenvalue weighted by Gasteiger charge is 2.21. The number of nitrogens with zero attached hydrogens (tertiary/aromatic N) is 1. The Bertz CT molecular complexity index is 798. The molecule has 2 aromatic rings. The highest BCUT2D eigenvalue weighted by atomic mass is 16.5. The second kappa shape index (κ2) is 8.65. The first-order valence-electron chi connectivity index (χ1n) is 9.22. The van der Waals surface area contributed by atoms with E-state index in [1.165, 1.54) is 30.2 Å². The Hall–Kier alpha value is -2.62. The maximum absolute atomic E-state index is 11.9. The molecule has 0 amide bonds. The van der Waals surface area contributed by atoms with Crippen molar-refractivity contribution in [3.8, 4) is 0 Å². The fourth-order valence-corrected chi connectivity index (χ4v) is 3.62. The largest absolute Gasteiger partial charge is 0.465 e. The minimum absolute atomic E-state index is 0.340. The van der Waals surface area contributed by atoms with Gasteiger partial charge in [0, 0.05) is 18.7 Å². The maximum atomic E-state index is 11.9. The van der Waals surface area contributed by atoms with Gasteiger partial charge in [0.05, 0.1) is 24.6 Å². The number of hydrogen-bond donors (Lipinski definition) is 1. The van der Waals surface area contributed by atoms with Gasteiger partial charge < -0.3 is 10.1 Å². The van der Waals surface area contributed by atoms with Crippen molar-refractivity contribution >= 4 is 11.7 Å². The zero-order valence-electron chi connectivity index (χ0n) is 15.5. The lowest BCUT2D eigenvalue weighted by atomic mass is 9.81. The molecule has 0 saturated heterocycles. The topological polar surface area (TPSA) is 51.2 Å². The molecular formula is C22H26N2O2. The number of benzene rings is 1. The summed E-state index contributed by atoms with van der Waals surface area (Å²) >= 11 is 0. The average Bonchev–Trinajstić information content (AvgIpc) is 2.70. The van der Waals surface area contributed by atoms with Crippen molar-refractivity contribution in [2.75, 3.05) is 19.0 Å². The number of esters is 1. The summed E-state index contributed by atoms with van der Waals surface area (Å²) < 4.78 is 4.86. The van der Waals surface area contributed by atoms with Gasteiger partial charge in [-0.1, -0.05) is 30.4 Å². The zero-order valence-corrected chi connectivity index (χ0v) is 15.5. The molecule has 1 aromatic heterocycles. The van der Waals surface area contributed by atoms with Crippen molar-refractivity contribution < 1.29 is 9.53 Å². The van der Waals surface area contributed by atoms with Crippen LogP contribution in [0.1, 0.15) is 52.7 Å². The van der Waals surface area contributed by atoms with E-state index in [9.17, 15) is 4.79 Å². The smallest absolute Gasteiger partial charge is 0.340 e. The highest BCUT2D eigenvalue weighted by molar-refractivity contribution is 5.95. The van der Waals surface area contributed by atoms with Crippen LogP contribution >= 0.6 is 0 Å². The molecule has 1 aromatic carbocycles. The summed E-state index contributed by atoms with van der Waals surface area (Å²) in [7, 11) is 1.40. The molecule has 1 atom stereocenters. The monoisotopic (exact) mass is 350 g/mol. The Labute approximate surface area is 155 Å². The number of allylic oxidation sites excluding steroid dienone is 2. The van der Waals surface area contributed by atoms with Crippen molar-refractivity contribution in [2.45, 2.75) is 38.5 Å². The molecule has 136 valence electrons. The lowest BCUT2D eigenvalue weighted by Gasteiger charge is -2.27. The normalized spacial score (nSPS) is 16.3. The van der Waals surface area contributed by atoms with Gasteiger partial charge in [-0.15, -0.1) is 0 Å². The second-order valence-corrected chi connectivity index (χ2v) is 6.69. The van der Waals surface area contributed by atoms with Gasteiger partial charge in [-0.2, -0.15) is 0 Å². The number of carbonyl (C=O) groups is 1. The highest BCUT2D eigenvalue weighted by Crippen LogP contribution is 2.33. The Morgan fingerprint density at radius 2 is 2.27 bits per heavy atom. The first kappa shape index (κ1) is 18.2. The quantitative estimate of drug-likeness (QED) is 0.615. The molecule has 3 rings (SSSR count). The summed E-state index contributed by atoms with van der Waals surface area (Å²) in [6.07, 6.45) is 12.1. The molecule has 0 spiro atoms. The minimum Gasteiger partial charge on any atom is -0.465 e. The van der Waals surface area contributed by atoms with Gasteiger partial charge in [-0.3, -0.25) is 4.98 Å². The van der Waals surface area contributed by atoms with Crippen LogP contribution in [0, 0.1) is 0 Å². The molecule has 0 aliphatic heterocycles. The summed E-state index contributed by atoms with van der Waals surface area (Å²) in [6, 6.07) is 8.56. The predicted octanol–water partition coefficient (Wildman–Crippen LogP) is 4.52. The minimum atomic E-state index is -0.340. The molecule has 1 aliphatic rings. The number of fused-ring (bicyclic) bond motifs is 1. The number of hydrogen-bond acceptors (Lipinski definition) is 4. The summed E-state index contributed by atoms with van der Waals surface area (Å²) in [4.78, 5) is 16.0. The number of methoxy groups -OCH3 is 1. The molecule has 4 nitrogen and oxygen atoms in total. The van der Waals surface area contributed by atoms with Crippen LogP contribution in [-0.4, -0.2) is 24.6 Å². The first-order chi connectivity index (χ1) is 12.7. The number of ether oxygens (including phenoxy) is 1. The number of rotatable bonds is 6. The second-order valence-electron chi connectivity index (χ2n) is 6.69. The standard InChI is InChI=1S/C22H26N2O2/c1-3-4-6-16-9-10-19-17(13-16)7-5-8-18(19)14-24-21-15-23-12-11-20(21)22(25)26-2/h3-4,9-13,15,18,24H,5-8,14H2,1-2H3/b4-3+. The molecule has 1 aliphatic carbocycles. The van der Waals surface area contributed by atoms with Crippen molar-refractivity contribution in [1.29, 1.82) is 0 Å². The Morgan fingerprint density at radius 3 is 3.08 bits per heavy atom. The third kappa shape index (κ3) is 4.13. The molecule has 4 heteroatoms. The molecule has 1 unspecified atom stereocenters. The van der Waals surface area contributed by atoms with Gasteiger partial charge in [-0.05, 0) is 55.4 Å². The third-order valence-corrected chi connectivity index (χ3v) is 5.00. The summed E-state index contributed by atoms with van der Waals surface area (Å²) in [6.45, 7) is 2.85. The lowest BCUT2D eigenvalue weighted by Crippen LogP contribution is -2.19. The molecule has 26 heavy (non-hydrogen) atoms. The summed E-state index contributed by atoms with van der Waals surface area (Å²) in [5.74, 6) is 0.104. The Balaban J connectivity index is 1.74. The number of pyridine rings is 1. The van der Waals surface area contributed by atoms with E-state index in [0.29, 0.717) is 11.5 Å². The number of aromatic nitrogens is 1. The molecule has 0 bridgehead atoms. The lowest BCUT2D eigenvalue weighted by molar-refractivity contribution is 0.0601. The molecule has 0 radical (unpaired) electrons. The van der Waals surface area contributed by atoms with Gasteiger partial charge >= 0.3 is 5.97 Å². The predicted molar refractivity (Wildman–Crippen MR) is 105 cm³/mol. The average molecular weight is 350 g/mol. The maximum Gasteiger partial charge on any atom is 0.340 e. The van der Waals surface area contributed by atoms with Crippen LogP contribution in [0.25, 0.3) is 0 Å². The van der Waals surface area contributed by atoms with Crippen LogP contribution in [0.3, 0.4) is 0 Å². The molecule has 1 N–H and O–H groups in total. The van der Waals surface area contributed by atoms with E-state index in [4.69, 9.17) is 4.74 Å². The van der Waals surface area contributed by atoms with Crippen LogP contribution < -0.4 is 5.32 Å². The van der Waals surface area contributed by atoms with Gasteiger partial charge in [0.1, 0.15) is 0 Å². The van der Waals surface area contributed by atoms with Gasteiger partial charge in [0.25, 0.3) is 0 Å². The summed E-state index contributed by atoms with van der Waals surface area (Å²) in [5.41, 5.74) is 5.52. The third-order valence-electron chi connectivity index (χ3n) is 5.00. The van der Waals surface area contributed by atoms with Gasteiger partial charge in [0.15, 0.2) is 0 Å². The fourth-order valence-electron chi connectivity index (χ4n) is 3.62. The van der Waals surface area contributed by atoms with E-state index >= 15 is 0 Å². The van der Waals surface area contributed by atoms with Crippen LogP contribution in [0.5, 0.6) is 0 Å². The molecule has 0 fully saturated rings. The van der Waals surface area contributed by atoms with E-state index in [-0.39, 0.29) is 5.97 Å². The fraction of sp³-hybridized carbons (Fsp3) is 0.364. The molecule has 0 saturated carbocycles. The van der Waals surface area contributed by atoms with E-state index in [1.54, 1.807) is 18.5 Å². The van der Waals surface area contributed by atoms with Crippen LogP contribution in [-0.2, 0) is 17.6 Å². The van der Waals surface area contributed by atoms with Gasteiger partial charge in [0.2, 0.25) is 0 Å². The van der Waals surface area contributed by atoms with E-state index in [1.807, 2.05) is 0 Å². The first-order valence-corrected chi connectivity index (χ1v) is 9.22. The molecular weight excluding hydrogens is 324 g/mol. The molecule has 1 heterocycles. The van der Waals surface area contributed by atoms with Crippen molar-refractivity contribution in [1.82, 2.24) is 4.98 Å². The zero-order chi connectivity index (χ0) is 18.4. The number of anilines is 1. The van der Waals surface area contributed by atoms with E-state index in [0.717, 1.165) is 31.5 Å². The summed E-state index contributed by atoms with van der Waals surface area (Å²) in [5, 5.41) is 3.41. The number of aryl methyl sites for hydroxylation is 1. The van der Waals surface area contributed by atoms with Crippen molar-refractivity contribution in [2.24, 2.45) is 0 Å². The Kier molecular flexibility index (Phi) is 6.05. The van der Waals surface area contributed by atoms with E-state index in [2.05, 4.69) is 47.6 Å². The number of carbonyl (C=O) groups excluding carboxylic acids is 1. The van der Waals surface area contributed by atoms with Crippen LogP contribution in [0.4, 0.5) is 5.69 Å². The van der Waals surface area contributed by atoms with Crippen LogP contribution in [0.2, 0.25) is 0 Å². The Morgan fingerprint density at radius 1 is 1.38 bits per heavy atom. The SMILES string of the molecule is C/C=C/Cc1ccc2c(c1)CCCC2CNc1cnccc1C(=O)OC. The number of nitrogens with one attached hydrogen (secondary N) is 1.